The Morgan fingerprint density at radius 2 is 1.38 bits per heavy atom. The van der Waals surface area contributed by atoms with Gasteiger partial charge >= 0.3 is 0 Å². The first kappa shape index (κ1) is 17.1. The maximum Gasteiger partial charge on any atom is 0.213 e. The number of nitrogens with zero attached hydrogens (tertiary/aromatic N) is 2. The predicted octanol–water partition coefficient (Wildman–Crippen LogP) is 3.80. The van der Waals surface area contributed by atoms with E-state index in [0.717, 1.165) is 0 Å². The molecule has 0 saturated carbocycles. The van der Waals surface area contributed by atoms with Crippen LogP contribution in [0.2, 0.25) is 0 Å². The lowest BCUT2D eigenvalue weighted by atomic mass is 10.0. The number of Topliss-reactive ketones (excluding diaryl/α,β-unsaturated/α-hetero) is 1. The van der Waals surface area contributed by atoms with Crippen molar-refractivity contribution >= 4 is 17.7 Å². The molecule has 3 aromatic rings. The number of rotatable bonds is 5. The normalized spacial score (nSPS) is 11.6. The van der Waals surface area contributed by atoms with Crippen LogP contribution in [-0.4, -0.2) is 27.9 Å². The van der Waals surface area contributed by atoms with E-state index in [1.807, 2.05) is 24.3 Å². The number of para-hydroxylation sites is 1. The summed E-state index contributed by atoms with van der Waals surface area (Å²) >= 11 is 0. The summed E-state index contributed by atoms with van der Waals surface area (Å²) in [4.78, 5) is 12.8. The molecule has 0 bridgehead atoms. The Labute approximate surface area is 150 Å². The van der Waals surface area contributed by atoms with Gasteiger partial charge in [0.2, 0.25) is 5.78 Å². The fraction of sp³-hybridized carbons (Fsp3) is 0. The van der Waals surface area contributed by atoms with Crippen LogP contribution in [0.1, 0.15) is 21.5 Å². The van der Waals surface area contributed by atoms with Gasteiger partial charge in [0.15, 0.2) is 11.5 Å². The fourth-order valence-electron chi connectivity index (χ4n) is 2.36. The summed E-state index contributed by atoms with van der Waals surface area (Å²) in [6, 6.07) is 22.4. The van der Waals surface area contributed by atoms with E-state index < -0.39 is 0 Å². The van der Waals surface area contributed by atoms with E-state index in [-0.39, 0.29) is 23.0 Å². The minimum atomic E-state index is -0.290. The van der Waals surface area contributed by atoms with Gasteiger partial charge in [-0.3, -0.25) is 4.79 Å². The highest BCUT2D eigenvalue weighted by Crippen LogP contribution is 2.26. The van der Waals surface area contributed by atoms with Gasteiger partial charge in [-0.25, -0.2) is 0 Å². The van der Waals surface area contributed by atoms with Gasteiger partial charge in [-0.05, 0) is 12.1 Å². The summed E-state index contributed by atoms with van der Waals surface area (Å²) in [5.41, 5.74) is 1.63. The summed E-state index contributed by atoms with van der Waals surface area (Å²) in [5, 5.41) is 27.4. The molecule has 2 N–H and O–H groups in total. The highest BCUT2D eigenvalue weighted by Gasteiger charge is 2.16. The van der Waals surface area contributed by atoms with Crippen LogP contribution in [0, 0.1) is 0 Å². The van der Waals surface area contributed by atoms with Crippen molar-refractivity contribution in [3.63, 3.8) is 0 Å². The first-order valence-electron chi connectivity index (χ1n) is 7.94. The van der Waals surface area contributed by atoms with Crippen molar-refractivity contribution in [3.8, 4) is 11.5 Å². The van der Waals surface area contributed by atoms with E-state index >= 15 is 0 Å². The molecule has 5 heteroatoms. The van der Waals surface area contributed by atoms with Crippen molar-refractivity contribution in [2.24, 2.45) is 10.2 Å². The summed E-state index contributed by atoms with van der Waals surface area (Å²) in [6.45, 7) is 0. The molecule has 0 radical (unpaired) electrons. The van der Waals surface area contributed by atoms with Gasteiger partial charge in [0.05, 0.1) is 6.21 Å². The number of carbonyl (C=O) groups is 1. The summed E-state index contributed by atoms with van der Waals surface area (Å²) in [7, 11) is 0. The largest absolute Gasteiger partial charge is 0.504 e. The van der Waals surface area contributed by atoms with Gasteiger partial charge in [-0.1, -0.05) is 66.7 Å². The van der Waals surface area contributed by atoms with Crippen molar-refractivity contribution in [3.05, 3.63) is 95.6 Å². The zero-order valence-electron chi connectivity index (χ0n) is 13.8. The Bertz CT molecular complexity index is 965. The molecular weight excluding hydrogens is 328 g/mol. The van der Waals surface area contributed by atoms with Gasteiger partial charge in [-0.15, -0.1) is 5.10 Å². The summed E-state index contributed by atoms with van der Waals surface area (Å²) in [6.07, 6.45) is 1.29. The van der Waals surface area contributed by atoms with Gasteiger partial charge in [0.1, 0.15) is 5.71 Å². The highest BCUT2D eigenvalue weighted by molar-refractivity contribution is 6.51. The number of aromatic hydroxyl groups is 2. The minimum absolute atomic E-state index is 0.188. The lowest BCUT2D eigenvalue weighted by molar-refractivity contribution is 0.106. The third-order valence-electron chi connectivity index (χ3n) is 3.70. The van der Waals surface area contributed by atoms with Crippen LogP contribution >= 0.6 is 0 Å². The first-order valence-corrected chi connectivity index (χ1v) is 7.94. The quantitative estimate of drug-likeness (QED) is 0.320. The molecule has 0 spiro atoms. The fourth-order valence-corrected chi connectivity index (χ4v) is 2.36. The second-order valence-electron chi connectivity index (χ2n) is 5.47. The average Bonchev–Trinajstić information content (AvgIpc) is 2.69. The van der Waals surface area contributed by atoms with Crippen LogP contribution in [0.3, 0.4) is 0 Å². The molecule has 26 heavy (non-hydrogen) atoms. The molecule has 0 fully saturated rings. The number of hydrogen-bond acceptors (Lipinski definition) is 5. The molecule has 0 atom stereocenters. The van der Waals surface area contributed by atoms with E-state index in [1.54, 1.807) is 48.5 Å². The van der Waals surface area contributed by atoms with E-state index in [0.29, 0.717) is 16.7 Å². The number of ketones is 1. The van der Waals surface area contributed by atoms with Crippen molar-refractivity contribution < 1.29 is 15.0 Å². The molecular formula is C21H16N2O3. The number of phenols is 2. The Morgan fingerprint density at radius 3 is 2.04 bits per heavy atom. The molecule has 0 aromatic heterocycles. The molecule has 0 saturated heterocycles. The lowest BCUT2D eigenvalue weighted by Gasteiger charge is -2.04. The third-order valence-corrected chi connectivity index (χ3v) is 3.70. The number of hydrogen-bond donors (Lipinski definition) is 2. The SMILES string of the molecule is O=C(/C(=N/N=C/c1cccc(O)c1O)c1ccccc1)c1ccccc1. The maximum atomic E-state index is 12.8. The Hall–Kier alpha value is -3.73. The summed E-state index contributed by atoms with van der Waals surface area (Å²) < 4.78 is 0. The number of carbonyl (C=O) groups excluding carboxylic acids is 1. The van der Waals surface area contributed by atoms with E-state index in [4.69, 9.17) is 0 Å². The molecule has 0 heterocycles. The second-order valence-corrected chi connectivity index (χ2v) is 5.47. The highest BCUT2D eigenvalue weighted by atomic mass is 16.3. The molecule has 0 aliphatic heterocycles. The molecule has 5 nitrogen and oxygen atoms in total. The van der Waals surface area contributed by atoms with Crippen molar-refractivity contribution in [2.75, 3.05) is 0 Å². The van der Waals surface area contributed by atoms with Crippen LogP contribution < -0.4 is 0 Å². The van der Waals surface area contributed by atoms with Crippen LogP contribution in [0.25, 0.3) is 0 Å². The van der Waals surface area contributed by atoms with Crippen LogP contribution in [-0.2, 0) is 0 Å². The zero-order valence-corrected chi connectivity index (χ0v) is 13.8. The van der Waals surface area contributed by atoms with Gasteiger partial charge in [0.25, 0.3) is 0 Å². The smallest absolute Gasteiger partial charge is 0.213 e. The van der Waals surface area contributed by atoms with Gasteiger partial charge in [-0.2, -0.15) is 5.10 Å². The molecule has 128 valence electrons. The van der Waals surface area contributed by atoms with Crippen LogP contribution in [0.5, 0.6) is 11.5 Å². The monoisotopic (exact) mass is 344 g/mol. The molecule has 3 aromatic carbocycles. The Morgan fingerprint density at radius 1 is 0.769 bits per heavy atom. The molecule has 0 unspecified atom stereocenters. The Balaban J connectivity index is 1.98. The Kier molecular flexibility index (Phi) is 5.19. The lowest BCUT2D eigenvalue weighted by Crippen LogP contribution is -2.15. The number of benzene rings is 3. The average molecular weight is 344 g/mol. The second kappa shape index (κ2) is 7.90. The summed E-state index contributed by atoms with van der Waals surface area (Å²) in [5.74, 6) is -0.794. The van der Waals surface area contributed by atoms with Crippen molar-refractivity contribution in [2.45, 2.75) is 0 Å². The van der Waals surface area contributed by atoms with Gasteiger partial charge < -0.3 is 10.2 Å². The topological polar surface area (TPSA) is 82.2 Å². The van der Waals surface area contributed by atoms with Crippen molar-refractivity contribution in [1.29, 1.82) is 0 Å². The van der Waals surface area contributed by atoms with Gasteiger partial charge in [0, 0.05) is 16.7 Å². The molecule has 0 amide bonds. The first-order chi connectivity index (χ1) is 12.7. The molecule has 0 aliphatic carbocycles. The van der Waals surface area contributed by atoms with Crippen LogP contribution in [0.4, 0.5) is 0 Å². The standard InChI is InChI=1S/C21H16N2O3/c24-18-13-7-12-17(20(18)25)14-22-23-19(15-8-3-1-4-9-15)21(26)16-10-5-2-6-11-16/h1-14,24-25H/b22-14+,23-19+. The van der Waals surface area contributed by atoms with E-state index in [1.165, 1.54) is 12.3 Å². The van der Waals surface area contributed by atoms with E-state index in [2.05, 4.69) is 10.2 Å². The predicted molar refractivity (Wildman–Crippen MR) is 101 cm³/mol. The minimum Gasteiger partial charge on any atom is -0.504 e. The molecule has 0 aliphatic rings. The van der Waals surface area contributed by atoms with E-state index in [9.17, 15) is 15.0 Å². The zero-order chi connectivity index (χ0) is 18.4. The molecule has 3 rings (SSSR count). The maximum absolute atomic E-state index is 12.8. The van der Waals surface area contributed by atoms with Crippen molar-refractivity contribution in [1.82, 2.24) is 0 Å². The van der Waals surface area contributed by atoms with Crippen LogP contribution in [0.15, 0.2) is 89.1 Å². The number of phenolic OH excluding ortho intramolecular Hbond substituents is 2. The third kappa shape index (κ3) is 3.84.